The van der Waals surface area contributed by atoms with Gasteiger partial charge in [-0.25, -0.2) is 0 Å². The highest BCUT2D eigenvalue weighted by Crippen LogP contribution is 2.30. The Morgan fingerprint density at radius 2 is 1.89 bits per heavy atom. The summed E-state index contributed by atoms with van der Waals surface area (Å²) in [5.74, 6) is 0.407. The van der Waals surface area contributed by atoms with Crippen LogP contribution in [0.15, 0.2) is 36.4 Å². The molecule has 1 N–H and O–H groups in total. The lowest BCUT2D eigenvalue weighted by Crippen LogP contribution is -2.20. The molecule has 106 valence electrons. The number of halogens is 3. The highest BCUT2D eigenvalue weighted by atomic mass is 19.4. The van der Waals surface area contributed by atoms with Crippen molar-refractivity contribution >= 4 is 0 Å². The minimum absolute atomic E-state index is 0.294. The van der Waals surface area contributed by atoms with Crippen molar-refractivity contribution in [2.75, 3.05) is 19.7 Å². The van der Waals surface area contributed by atoms with Crippen molar-refractivity contribution in [3.05, 3.63) is 42.0 Å². The van der Waals surface area contributed by atoms with E-state index in [1.165, 1.54) is 12.1 Å². The Labute approximate surface area is 111 Å². The fourth-order valence-electron chi connectivity index (χ4n) is 1.42. The number of ether oxygens (including phenoxy) is 1. The summed E-state index contributed by atoms with van der Waals surface area (Å²) in [5, 5.41) is 3.17. The Kier molecular flexibility index (Phi) is 5.89. The molecule has 0 fully saturated rings. The molecule has 0 radical (unpaired) electrons. The highest BCUT2D eigenvalue weighted by molar-refractivity contribution is 5.29. The third-order valence-corrected chi connectivity index (χ3v) is 2.43. The maximum atomic E-state index is 12.3. The van der Waals surface area contributed by atoms with E-state index >= 15 is 0 Å². The third-order valence-electron chi connectivity index (χ3n) is 2.43. The van der Waals surface area contributed by atoms with Gasteiger partial charge in [-0.15, -0.1) is 0 Å². The molecule has 0 amide bonds. The van der Waals surface area contributed by atoms with Crippen LogP contribution in [0.25, 0.3) is 0 Å². The van der Waals surface area contributed by atoms with Gasteiger partial charge >= 0.3 is 6.18 Å². The molecule has 0 saturated heterocycles. The van der Waals surface area contributed by atoms with Crippen molar-refractivity contribution in [2.24, 2.45) is 0 Å². The smallest absolute Gasteiger partial charge is 0.416 e. The summed E-state index contributed by atoms with van der Waals surface area (Å²) in [6.07, 6.45) is -3.28. The van der Waals surface area contributed by atoms with Crippen LogP contribution in [0.3, 0.4) is 0 Å². The molecule has 0 atom stereocenters. The second-order valence-corrected chi connectivity index (χ2v) is 4.24. The van der Waals surface area contributed by atoms with Crippen molar-refractivity contribution in [2.45, 2.75) is 19.5 Å². The molecule has 0 unspecified atom stereocenters. The first-order valence-electron chi connectivity index (χ1n) is 6.11. The molecule has 5 heteroatoms. The lowest BCUT2D eigenvalue weighted by molar-refractivity contribution is -0.137. The zero-order valence-corrected chi connectivity index (χ0v) is 10.9. The third kappa shape index (κ3) is 5.79. The average Bonchev–Trinajstić information content (AvgIpc) is 2.36. The summed E-state index contributed by atoms with van der Waals surface area (Å²) in [7, 11) is 0. The van der Waals surface area contributed by atoms with Crippen LogP contribution in [0.5, 0.6) is 5.75 Å². The van der Waals surface area contributed by atoms with Crippen LogP contribution >= 0.6 is 0 Å². The Bertz CT molecular complexity index is 398. The van der Waals surface area contributed by atoms with Crippen molar-refractivity contribution in [1.82, 2.24) is 5.32 Å². The molecule has 0 spiro atoms. The largest absolute Gasteiger partial charge is 0.489 e. The van der Waals surface area contributed by atoms with E-state index in [1.54, 1.807) is 0 Å². The van der Waals surface area contributed by atoms with Gasteiger partial charge in [0, 0.05) is 6.54 Å². The molecule has 0 aliphatic rings. The molecule has 0 heterocycles. The van der Waals surface area contributed by atoms with Gasteiger partial charge in [-0.3, -0.25) is 0 Å². The molecule has 1 rings (SSSR count). The molecule has 1 aromatic rings. The van der Waals surface area contributed by atoms with Gasteiger partial charge in [0.1, 0.15) is 12.4 Å². The standard InChI is InChI=1S/C14H18F3NO/c1-3-8-18-9-11(2)10-19-13-6-4-12(5-7-13)14(15,16)17/h4-7,18H,2-3,8-10H2,1H3. The maximum absolute atomic E-state index is 12.3. The highest BCUT2D eigenvalue weighted by Gasteiger charge is 2.29. The minimum Gasteiger partial charge on any atom is -0.489 e. The minimum atomic E-state index is -4.31. The molecular weight excluding hydrogens is 255 g/mol. The van der Waals surface area contributed by atoms with Crippen LogP contribution in [-0.2, 0) is 6.18 Å². The molecule has 1 aromatic carbocycles. The van der Waals surface area contributed by atoms with Gasteiger partial charge in [0.2, 0.25) is 0 Å². The van der Waals surface area contributed by atoms with Crippen LogP contribution in [0.2, 0.25) is 0 Å². The lowest BCUT2D eigenvalue weighted by Gasteiger charge is -2.11. The number of hydrogen-bond acceptors (Lipinski definition) is 2. The van der Waals surface area contributed by atoms with Gasteiger partial charge in [0.25, 0.3) is 0 Å². The molecule has 2 nitrogen and oxygen atoms in total. The zero-order chi connectivity index (χ0) is 14.3. The average molecular weight is 273 g/mol. The summed E-state index contributed by atoms with van der Waals surface area (Å²) in [6.45, 7) is 7.74. The van der Waals surface area contributed by atoms with Crippen LogP contribution < -0.4 is 10.1 Å². The predicted octanol–water partition coefficient (Wildman–Crippen LogP) is 3.64. The van der Waals surface area contributed by atoms with E-state index in [9.17, 15) is 13.2 Å². The number of hydrogen-bond donors (Lipinski definition) is 1. The molecule has 19 heavy (non-hydrogen) atoms. The predicted molar refractivity (Wildman–Crippen MR) is 69.2 cm³/mol. The quantitative estimate of drug-likeness (QED) is 0.605. The summed E-state index contributed by atoms with van der Waals surface area (Å²) >= 11 is 0. The van der Waals surface area contributed by atoms with Crippen LogP contribution in [0, 0.1) is 0 Å². The maximum Gasteiger partial charge on any atom is 0.416 e. The topological polar surface area (TPSA) is 21.3 Å². The molecular formula is C14H18F3NO. The molecule has 0 aliphatic heterocycles. The van der Waals surface area contributed by atoms with E-state index in [0.717, 1.165) is 30.7 Å². The second-order valence-electron chi connectivity index (χ2n) is 4.24. The van der Waals surface area contributed by atoms with Gasteiger partial charge in [-0.05, 0) is 42.8 Å². The van der Waals surface area contributed by atoms with E-state index < -0.39 is 11.7 Å². The van der Waals surface area contributed by atoms with E-state index in [4.69, 9.17) is 4.74 Å². The van der Waals surface area contributed by atoms with Gasteiger partial charge in [0.15, 0.2) is 0 Å². The van der Waals surface area contributed by atoms with E-state index in [1.807, 2.05) is 0 Å². The monoisotopic (exact) mass is 273 g/mol. The summed E-state index contributed by atoms with van der Waals surface area (Å²) in [4.78, 5) is 0. The normalized spacial score (nSPS) is 11.4. The lowest BCUT2D eigenvalue weighted by atomic mass is 10.2. The molecule has 0 aliphatic carbocycles. The summed E-state index contributed by atoms with van der Waals surface area (Å²) in [6, 6.07) is 4.64. The molecule has 0 bridgehead atoms. The number of nitrogens with one attached hydrogen (secondary N) is 1. The Balaban J connectivity index is 2.40. The summed E-state index contributed by atoms with van der Waals surface area (Å²) in [5.41, 5.74) is 0.177. The van der Waals surface area contributed by atoms with Crippen LogP contribution in [0.1, 0.15) is 18.9 Å². The van der Waals surface area contributed by atoms with Crippen molar-refractivity contribution in [1.29, 1.82) is 0 Å². The van der Waals surface area contributed by atoms with Gasteiger partial charge in [0.05, 0.1) is 5.56 Å². The molecule has 0 saturated carbocycles. The first kappa shape index (κ1) is 15.6. The van der Waals surface area contributed by atoms with Crippen molar-refractivity contribution in [3.8, 4) is 5.75 Å². The fraction of sp³-hybridized carbons (Fsp3) is 0.429. The van der Waals surface area contributed by atoms with E-state index in [-0.39, 0.29) is 0 Å². The fourth-order valence-corrected chi connectivity index (χ4v) is 1.42. The number of rotatable bonds is 7. The van der Waals surface area contributed by atoms with E-state index in [2.05, 4.69) is 18.8 Å². The summed E-state index contributed by atoms with van der Waals surface area (Å²) < 4.78 is 42.4. The van der Waals surface area contributed by atoms with Crippen LogP contribution in [-0.4, -0.2) is 19.7 Å². The van der Waals surface area contributed by atoms with Crippen LogP contribution in [0.4, 0.5) is 13.2 Å². The van der Waals surface area contributed by atoms with Gasteiger partial charge in [-0.2, -0.15) is 13.2 Å². The Morgan fingerprint density at radius 1 is 1.26 bits per heavy atom. The van der Waals surface area contributed by atoms with Crippen molar-refractivity contribution < 1.29 is 17.9 Å². The van der Waals surface area contributed by atoms with E-state index in [0.29, 0.717) is 18.9 Å². The van der Waals surface area contributed by atoms with Crippen molar-refractivity contribution in [3.63, 3.8) is 0 Å². The first-order valence-corrected chi connectivity index (χ1v) is 6.11. The molecule has 0 aromatic heterocycles. The SMILES string of the molecule is C=C(CNCCC)COc1ccc(C(F)(F)F)cc1. The number of benzene rings is 1. The van der Waals surface area contributed by atoms with Gasteiger partial charge in [-0.1, -0.05) is 13.5 Å². The Morgan fingerprint density at radius 3 is 2.42 bits per heavy atom. The first-order chi connectivity index (χ1) is 8.93. The second kappa shape index (κ2) is 7.19. The number of alkyl halides is 3. The Hall–Kier alpha value is -1.49. The van der Waals surface area contributed by atoms with Gasteiger partial charge < -0.3 is 10.1 Å². The zero-order valence-electron chi connectivity index (χ0n) is 10.9.